The van der Waals surface area contributed by atoms with E-state index in [1.54, 1.807) is 6.07 Å². The number of halogens is 3. The third-order valence-electron chi connectivity index (χ3n) is 6.05. The second-order valence-corrected chi connectivity index (χ2v) is 8.59. The molecule has 30 heavy (non-hydrogen) atoms. The van der Waals surface area contributed by atoms with E-state index in [1.807, 2.05) is 23.6 Å². The van der Waals surface area contributed by atoms with Gasteiger partial charge in [-0.15, -0.1) is 0 Å². The van der Waals surface area contributed by atoms with Gasteiger partial charge in [-0.1, -0.05) is 26.0 Å². The van der Waals surface area contributed by atoms with Gasteiger partial charge in [0.15, 0.2) is 0 Å². The maximum Gasteiger partial charge on any atom is 0.416 e. The normalized spacial score (nSPS) is 19.3. The summed E-state index contributed by atoms with van der Waals surface area (Å²) >= 11 is 0. The van der Waals surface area contributed by atoms with Crippen molar-refractivity contribution in [3.8, 4) is 0 Å². The zero-order valence-corrected chi connectivity index (χ0v) is 17.5. The molecule has 0 spiro atoms. The topological polar surface area (TPSA) is 52.7 Å². The smallest absolute Gasteiger partial charge is 0.349 e. The predicted molar refractivity (Wildman–Crippen MR) is 108 cm³/mol. The van der Waals surface area contributed by atoms with Crippen LogP contribution in [0.4, 0.5) is 18.0 Å². The fourth-order valence-corrected chi connectivity index (χ4v) is 4.26. The molecule has 2 fully saturated rings. The molecule has 1 aromatic carbocycles. The molecule has 1 unspecified atom stereocenters. The van der Waals surface area contributed by atoms with Crippen LogP contribution in [0.1, 0.15) is 56.7 Å². The van der Waals surface area contributed by atoms with E-state index < -0.39 is 17.8 Å². The van der Waals surface area contributed by atoms with Crippen LogP contribution in [0.3, 0.4) is 0 Å². The quantitative estimate of drug-likeness (QED) is 0.775. The minimum absolute atomic E-state index is 0.0513. The van der Waals surface area contributed by atoms with Gasteiger partial charge in [0.05, 0.1) is 11.6 Å². The molecule has 2 aliphatic rings. The Kier molecular flexibility index (Phi) is 6.93. The summed E-state index contributed by atoms with van der Waals surface area (Å²) in [6, 6.07) is 4.71. The predicted octanol–water partition coefficient (Wildman–Crippen LogP) is 4.45. The molecule has 1 N–H and O–H groups in total. The van der Waals surface area contributed by atoms with Crippen molar-refractivity contribution in [3.63, 3.8) is 0 Å². The molecule has 8 heteroatoms. The molecular weight excluding hydrogens is 395 g/mol. The summed E-state index contributed by atoms with van der Waals surface area (Å²) in [6.07, 6.45) is -1.21. The summed E-state index contributed by atoms with van der Waals surface area (Å²) in [5.74, 6) is -0.451. The van der Waals surface area contributed by atoms with Gasteiger partial charge in [-0.3, -0.25) is 4.79 Å². The third kappa shape index (κ3) is 5.26. The minimum Gasteiger partial charge on any atom is -0.349 e. The van der Waals surface area contributed by atoms with Gasteiger partial charge in [0.2, 0.25) is 5.91 Å². The molecule has 2 saturated heterocycles. The van der Waals surface area contributed by atoms with Crippen molar-refractivity contribution in [2.75, 3.05) is 26.2 Å². The van der Waals surface area contributed by atoms with Crippen LogP contribution in [0.25, 0.3) is 0 Å². The highest BCUT2D eigenvalue weighted by atomic mass is 19.4. The maximum absolute atomic E-state index is 13.1. The number of hydrogen-bond acceptors (Lipinski definition) is 2. The van der Waals surface area contributed by atoms with Crippen molar-refractivity contribution in [1.29, 1.82) is 0 Å². The van der Waals surface area contributed by atoms with E-state index in [-0.39, 0.29) is 23.8 Å². The van der Waals surface area contributed by atoms with E-state index in [2.05, 4.69) is 5.32 Å². The van der Waals surface area contributed by atoms with Crippen LogP contribution in [0.5, 0.6) is 0 Å². The van der Waals surface area contributed by atoms with Gasteiger partial charge in [0, 0.05) is 32.1 Å². The number of nitrogens with zero attached hydrogens (tertiary/aromatic N) is 2. The van der Waals surface area contributed by atoms with E-state index in [0.717, 1.165) is 38.1 Å². The summed E-state index contributed by atoms with van der Waals surface area (Å²) < 4.78 is 39.2. The lowest BCUT2D eigenvalue weighted by Crippen LogP contribution is -2.48. The molecular formula is C22H30F3N3O2. The second-order valence-electron chi connectivity index (χ2n) is 8.59. The van der Waals surface area contributed by atoms with Crippen LogP contribution in [-0.4, -0.2) is 47.9 Å². The highest BCUT2D eigenvalue weighted by molar-refractivity contribution is 5.80. The number of benzene rings is 1. The molecule has 0 bridgehead atoms. The minimum atomic E-state index is -4.42. The van der Waals surface area contributed by atoms with Gasteiger partial charge in [-0.05, 0) is 49.3 Å². The third-order valence-corrected chi connectivity index (χ3v) is 6.05. The first-order valence-electron chi connectivity index (χ1n) is 10.7. The Bertz CT molecular complexity index is 752. The van der Waals surface area contributed by atoms with Gasteiger partial charge in [0.25, 0.3) is 0 Å². The van der Waals surface area contributed by atoms with Gasteiger partial charge < -0.3 is 15.1 Å². The van der Waals surface area contributed by atoms with E-state index >= 15 is 0 Å². The average Bonchev–Trinajstić information content (AvgIpc) is 3.25. The number of carbonyl (C=O) groups is 2. The zero-order chi connectivity index (χ0) is 21.9. The van der Waals surface area contributed by atoms with Crippen molar-refractivity contribution < 1.29 is 22.8 Å². The molecule has 3 rings (SSSR count). The van der Waals surface area contributed by atoms with Gasteiger partial charge in [-0.2, -0.15) is 13.2 Å². The molecule has 3 amide bonds. The Hall–Kier alpha value is -2.25. The molecule has 1 atom stereocenters. The Morgan fingerprint density at radius 2 is 1.63 bits per heavy atom. The van der Waals surface area contributed by atoms with Crippen LogP contribution < -0.4 is 5.32 Å². The lowest BCUT2D eigenvalue weighted by atomic mass is 9.91. The number of amides is 3. The molecule has 166 valence electrons. The van der Waals surface area contributed by atoms with E-state index in [9.17, 15) is 22.8 Å². The number of carbonyl (C=O) groups excluding carboxylic acids is 2. The van der Waals surface area contributed by atoms with Gasteiger partial charge >= 0.3 is 12.2 Å². The van der Waals surface area contributed by atoms with Crippen molar-refractivity contribution >= 4 is 11.9 Å². The Morgan fingerprint density at radius 1 is 1.03 bits per heavy atom. The summed E-state index contributed by atoms with van der Waals surface area (Å²) in [7, 11) is 0. The number of rotatable bonds is 4. The lowest BCUT2D eigenvalue weighted by Gasteiger charge is -2.35. The fourth-order valence-electron chi connectivity index (χ4n) is 4.26. The molecule has 5 nitrogen and oxygen atoms in total. The Balaban J connectivity index is 1.60. The molecule has 0 radical (unpaired) electrons. The number of alkyl halides is 3. The number of urea groups is 1. The maximum atomic E-state index is 13.1. The van der Waals surface area contributed by atoms with Gasteiger partial charge in [0.1, 0.15) is 0 Å². The summed E-state index contributed by atoms with van der Waals surface area (Å²) in [4.78, 5) is 29.0. The standard InChI is InChI=1S/C22H30F3N3O2/c1-15(2)19(17-6-5-7-18(14-17)22(23,24)25)26-20(29)16-8-12-28(13-9-16)21(30)27-10-3-4-11-27/h5-7,14-16,19H,3-4,8-13H2,1-2H3,(H,26,29). The molecule has 0 aliphatic carbocycles. The highest BCUT2D eigenvalue weighted by Crippen LogP contribution is 2.32. The van der Waals surface area contributed by atoms with Crippen molar-refractivity contribution in [1.82, 2.24) is 15.1 Å². The largest absolute Gasteiger partial charge is 0.416 e. The van der Waals surface area contributed by atoms with Crippen LogP contribution in [0.2, 0.25) is 0 Å². The number of hydrogen-bond donors (Lipinski definition) is 1. The molecule has 2 heterocycles. The number of piperidine rings is 1. The average molecular weight is 425 g/mol. The Labute approximate surface area is 175 Å². The number of likely N-dealkylation sites (tertiary alicyclic amines) is 2. The Morgan fingerprint density at radius 3 is 2.20 bits per heavy atom. The monoisotopic (exact) mass is 425 g/mol. The molecule has 2 aliphatic heterocycles. The van der Waals surface area contributed by atoms with Crippen LogP contribution in [0.15, 0.2) is 24.3 Å². The van der Waals surface area contributed by atoms with Crippen LogP contribution in [0, 0.1) is 11.8 Å². The van der Waals surface area contributed by atoms with Crippen molar-refractivity contribution in [3.05, 3.63) is 35.4 Å². The van der Waals surface area contributed by atoms with Crippen molar-refractivity contribution in [2.24, 2.45) is 11.8 Å². The van der Waals surface area contributed by atoms with Crippen molar-refractivity contribution in [2.45, 2.75) is 51.7 Å². The first kappa shape index (κ1) is 22.4. The van der Waals surface area contributed by atoms with Crippen LogP contribution >= 0.6 is 0 Å². The highest BCUT2D eigenvalue weighted by Gasteiger charge is 2.33. The molecule has 1 aromatic rings. The number of nitrogens with one attached hydrogen (secondary N) is 1. The SMILES string of the molecule is CC(C)C(NC(=O)C1CCN(C(=O)N2CCCC2)CC1)c1cccc(C(F)(F)F)c1. The first-order valence-corrected chi connectivity index (χ1v) is 10.7. The van der Waals surface area contributed by atoms with E-state index in [1.165, 1.54) is 6.07 Å². The van der Waals surface area contributed by atoms with Gasteiger partial charge in [-0.25, -0.2) is 4.79 Å². The van der Waals surface area contributed by atoms with E-state index in [0.29, 0.717) is 31.5 Å². The summed E-state index contributed by atoms with van der Waals surface area (Å²) in [5.41, 5.74) is -0.261. The summed E-state index contributed by atoms with van der Waals surface area (Å²) in [6.45, 7) is 6.41. The van der Waals surface area contributed by atoms with Crippen LogP contribution in [-0.2, 0) is 11.0 Å². The molecule has 0 saturated carbocycles. The molecule has 0 aromatic heterocycles. The first-order chi connectivity index (χ1) is 14.2. The van der Waals surface area contributed by atoms with E-state index in [4.69, 9.17) is 0 Å². The fraction of sp³-hybridized carbons (Fsp3) is 0.636. The zero-order valence-electron chi connectivity index (χ0n) is 17.5. The lowest BCUT2D eigenvalue weighted by molar-refractivity contribution is -0.137. The summed E-state index contributed by atoms with van der Waals surface area (Å²) in [5, 5.41) is 2.96. The second kappa shape index (κ2) is 9.27.